The molecule has 0 radical (unpaired) electrons. The first kappa shape index (κ1) is 23.8. The Morgan fingerprint density at radius 2 is 1.71 bits per heavy atom. The van der Waals surface area contributed by atoms with Gasteiger partial charge in [0.25, 0.3) is 5.91 Å². The highest BCUT2D eigenvalue weighted by atomic mass is 127. The molecule has 28 heavy (non-hydrogen) atoms. The van der Waals surface area contributed by atoms with Crippen molar-refractivity contribution in [1.29, 1.82) is 0 Å². The lowest BCUT2D eigenvalue weighted by Crippen LogP contribution is -2.37. The number of hydrogen-bond acceptors (Lipinski definition) is 4. The molecule has 7 nitrogen and oxygen atoms in total. The minimum atomic E-state index is -0.217. The van der Waals surface area contributed by atoms with Crippen LogP contribution in [0.2, 0.25) is 5.02 Å². The SMILES string of the molecule is CN=C(NCCNC(=O)c1ccccc1Cl)Nc1ccc(OC)c(OC)c1.I. The Balaban J connectivity index is 0.00000392. The molecule has 1 amide bonds. The van der Waals surface area contributed by atoms with Crippen molar-refractivity contribution in [2.24, 2.45) is 4.99 Å². The van der Waals surface area contributed by atoms with E-state index < -0.39 is 0 Å². The molecule has 0 saturated heterocycles. The highest BCUT2D eigenvalue weighted by Crippen LogP contribution is 2.29. The van der Waals surface area contributed by atoms with Gasteiger partial charge in [-0.05, 0) is 24.3 Å². The molecule has 0 unspecified atom stereocenters. The molecule has 0 fully saturated rings. The van der Waals surface area contributed by atoms with Crippen molar-refractivity contribution in [3.8, 4) is 11.5 Å². The van der Waals surface area contributed by atoms with E-state index in [4.69, 9.17) is 21.1 Å². The quantitative estimate of drug-likeness (QED) is 0.227. The van der Waals surface area contributed by atoms with Crippen molar-refractivity contribution < 1.29 is 14.3 Å². The van der Waals surface area contributed by atoms with Gasteiger partial charge in [0.05, 0.1) is 24.8 Å². The van der Waals surface area contributed by atoms with Gasteiger partial charge in [0.2, 0.25) is 0 Å². The molecule has 0 spiro atoms. The highest BCUT2D eigenvalue weighted by Gasteiger charge is 2.09. The predicted molar refractivity (Wildman–Crippen MR) is 124 cm³/mol. The number of amides is 1. The zero-order valence-electron chi connectivity index (χ0n) is 15.9. The van der Waals surface area contributed by atoms with E-state index in [1.165, 1.54) is 0 Å². The van der Waals surface area contributed by atoms with E-state index in [0.717, 1.165) is 5.69 Å². The molecule has 0 aliphatic heterocycles. The first-order valence-electron chi connectivity index (χ1n) is 8.31. The molecule has 152 valence electrons. The van der Waals surface area contributed by atoms with E-state index in [0.29, 0.717) is 41.1 Å². The summed E-state index contributed by atoms with van der Waals surface area (Å²) in [5.41, 5.74) is 1.24. The van der Waals surface area contributed by atoms with Gasteiger partial charge in [-0.15, -0.1) is 24.0 Å². The van der Waals surface area contributed by atoms with Gasteiger partial charge in [-0.1, -0.05) is 23.7 Å². The lowest BCUT2D eigenvalue weighted by atomic mass is 10.2. The Hall–Kier alpha value is -2.20. The van der Waals surface area contributed by atoms with E-state index in [1.807, 2.05) is 12.1 Å². The Morgan fingerprint density at radius 1 is 1.04 bits per heavy atom. The number of halogens is 2. The summed E-state index contributed by atoms with van der Waals surface area (Å²) in [5, 5.41) is 9.51. The topological polar surface area (TPSA) is 84.0 Å². The summed E-state index contributed by atoms with van der Waals surface area (Å²) in [6.07, 6.45) is 0. The Kier molecular flexibility index (Phi) is 10.5. The zero-order chi connectivity index (χ0) is 19.6. The van der Waals surface area contributed by atoms with Crippen LogP contribution in [0.5, 0.6) is 11.5 Å². The van der Waals surface area contributed by atoms with Gasteiger partial charge in [0, 0.05) is 31.9 Å². The fraction of sp³-hybridized carbons (Fsp3) is 0.263. The number of guanidine groups is 1. The van der Waals surface area contributed by atoms with Gasteiger partial charge >= 0.3 is 0 Å². The summed E-state index contributed by atoms with van der Waals surface area (Å²) in [6, 6.07) is 12.4. The zero-order valence-corrected chi connectivity index (χ0v) is 19.0. The monoisotopic (exact) mass is 518 g/mol. The number of carbonyl (C=O) groups is 1. The molecule has 0 atom stereocenters. The molecule has 2 rings (SSSR count). The maximum Gasteiger partial charge on any atom is 0.252 e. The third-order valence-electron chi connectivity index (χ3n) is 3.69. The van der Waals surface area contributed by atoms with Gasteiger partial charge in [0.1, 0.15) is 0 Å². The molecule has 0 saturated carbocycles. The molecular weight excluding hydrogens is 495 g/mol. The minimum Gasteiger partial charge on any atom is -0.493 e. The van der Waals surface area contributed by atoms with Gasteiger partial charge in [0.15, 0.2) is 17.5 Å². The number of nitrogens with one attached hydrogen (secondary N) is 3. The Labute approximate surface area is 186 Å². The second-order valence-electron chi connectivity index (χ2n) is 5.43. The number of nitrogens with zero attached hydrogens (tertiary/aromatic N) is 1. The number of rotatable bonds is 7. The average molecular weight is 519 g/mol. The van der Waals surface area contributed by atoms with E-state index in [-0.39, 0.29) is 29.9 Å². The molecule has 0 aliphatic carbocycles. The molecular formula is C19H24ClIN4O3. The minimum absolute atomic E-state index is 0. The molecule has 3 N–H and O–H groups in total. The number of ether oxygens (including phenoxy) is 2. The molecule has 0 aliphatic rings. The summed E-state index contributed by atoms with van der Waals surface area (Å²) in [4.78, 5) is 16.3. The van der Waals surface area contributed by atoms with Crippen LogP contribution in [0.25, 0.3) is 0 Å². The second-order valence-corrected chi connectivity index (χ2v) is 5.84. The van der Waals surface area contributed by atoms with Crippen molar-refractivity contribution in [2.45, 2.75) is 0 Å². The molecule has 9 heteroatoms. The van der Waals surface area contributed by atoms with Crippen molar-refractivity contribution in [3.63, 3.8) is 0 Å². The van der Waals surface area contributed by atoms with Crippen molar-refractivity contribution in [2.75, 3.05) is 39.7 Å². The fourth-order valence-electron chi connectivity index (χ4n) is 2.33. The van der Waals surface area contributed by atoms with Crippen LogP contribution in [0.4, 0.5) is 5.69 Å². The van der Waals surface area contributed by atoms with Crippen LogP contribution in [0.3, 0.4) is 0 Å². The van der Waals surface area contributed by atoms with Crippen LogP contribution in [0.15, 0.2) is 47.5 Å². The van der Waals surface area contributed by atoms with Crippen molar-refractivity contribution >= 4 is 53.1 Å². The lowest BCUT2D eigenvalue weighted by molar-refractivity contribution is 0.0954. The van der Waals surface area contributed by atoms with Crippen LogP contribution < -0.4 is 25.4 Å². The van der Waals surface area contributed by atoms with Gasteiger partial charge < -0.3 is 25.4 Å². The standard InChI is InChI=1S/C19H23ClN4O3.HI/c1-21-19(24-13-8-9-16(26-2)17(12-13)27-3)23-11-10-22-18(25)14-6-4-5-7-15(14)20;/h4-9,12H,10-11H2,1-3H3,(H,22,25)(H2,21,23,24);1H. The van der Waals surface area contributed by atoms with E-state index in [2.05, 4.69) is 20.9 Å². The van der Waals surface area contributed by atoms with E-state index >= 15 is 0 Å². The number of anilines is 1. The van der Waals surface area contributed by atoms with Crippen LogP contribution in [0.1, 0.15) is 10.4 Å². The van der Waals surface area contributed by atoms with E-state index in [9.17, 15) is 4.79 Å². The average Bonchev–Trinajstić information content (AvgIpc) is 2.70. The smallest absolute Gasteiger partial charge is 0.252 e. The Bertz CT molecular complexity index is 818. The molecule has 0 aromatic heterocycles. The molecule has 0 heterocycles. The number of carbonyl (C=O) groups excluding carboxylic acids is 1. The summed E-state index contributed by atoms with van der Waals surface area (Å²) in [5.74, 6) is 1.61. The fourth-order valence-corrected chi connectivity index (χ4v) is 2.55. The van der Waals surface area contributed by atoms with Gasteiger partial charge in [-0.25, -0.2) is 0 Å². The van der Waals surface area contributed by atoms with Crippen molar-refractivity contribution in [3.05, 3.63) is 53.1 Å². The summed E-state index contributed by atoms with van der Waals surface area (Å²) in [7, 11) is 4.83. The van der Waals surface area contributed by atoms with Crippen LogP contribution >= 0.6 is 35.6 Å². The van der Waals surface area contributed by atoms with Gasteiger partial charge in [-0.2, -0.15) is 0 Å². The second kappa shape index (κ2) is 12.3. The van der Waals surface area contributed by atoms with Gasteiger partial charge in [-0.3, -0.25) is 9.79 Å². The summed E-state index contributed by atoms with van der Waals surface area (Å²) < 4.78 is 10.5. The largest absolute Gasteiger partial charge is 0.493 e. The van der Waals surface area contributed by atoms with Crippen LogP contribution in [-0.4, -0.2) is 46.2 Å². The third-order valence-corrected chi connectivity index (χ3v) is 4.02. The Morgan fingerprint density at radius 3 is 2.36 bits per heavy atom. The number of hydrogen-bond donors (Lipinski definition) is 3. The number of benzene rings is 2. The first-order valence-corrected chi connectivity index (χ1v) is 8.69. The summed E-state index contributed by atoms with van der Waals surface area (Å²) >= 11 is 6.02. The molecule has 2 aromatic rings. The maximum atomic E-state index is 12.1. The van der Waals surface area contributed by atoms with Crippen LogP contribution in [0, 0.1) is 0 Å². The van der Waals surface area contributed by atoms with Crippen LogP contribution in [-0.2, 0) is 0 Å². The third kappa shape index (κ3) is 6.75. The van der Waals surface area contributed by atoms with E-state index in [1.54, 1.807) is 51.6 Å². The maximum absolute atomic E-state index is 12.1. The lowest BCUT2D eigenvalue weighted by Gasteiger charge is -2.14. The summed E-state index contributed by atoms with van der Waals surface area (Å²) in [6.45, 7) is 0.903. The van der Waals surface area contributed by atoms with Crippen molar-refractivity contribution in [1.82, 2.24) is 10.6 Å². The molecule has 0 bridgehead atoms. The molecule has 2 aromatic carbocycles. The predicted octanol–water partition coefficient (Wildman–Crippen LogP) is 3.39. The number of methoxy groups -OCH3 is 2. The first-order chi connectivity index (χ1) is 13.1. The highest BCUT2D eigenvalue weighted by molar-refractivity contribution is 14.0. The normalized spacial score (nSPS) is 10.5. The number of aliphatic imine (C=N–C) groups is 1.